The number of amides is 2. The van der Waals surface area contributed by atoms with Crippen LogP contribution in [0.4, 0.5) is 4.79 Å². The number of aliphatic carboxylic acids is 1. The summed E-state index contributed by atoms with van der Waals surface area (Å²) in [5.41, 5.74) is 1.00. The molecule has 0 heterocycles. The Bertz CT molecular complexity index is 422. The third kappa shape index (κ3) is 7.38. The first-order chi connectivity index (χ1) is 9.58. The van der Waals surface area contributed by atoms with E-state index < -0.39 is 18.1 Å². The number of carbonyl (C=O) groups is 2. The molecule has 0 saturated heterocycles. The van der Waals surface area contributed by atoms with E-state index in [0.717, 1.165) is 5.56 Å². The molecule has 0 aromatic heterocycles. The highest BCUT2D eigenvalue weighted by molar-refractivity contribution is 5.73. The van der Waals surface area contributed by atoms with Crippen molar-refractivity contribution in [2.75, 3.05) is 13.1 Å². The minimum Gasteiger partial charge on any atom is -0.481 e. The molecule has 1 rings (SSSR count). The van der Waals surface area contributed by atoms with Gasteiger partial charge in [0.05, 0.1) is 6.10 Å². The lowest BCUT2D eigenvalue weighted by atomic mass is 10.1. The van der Waals surface area contributed by atoms with E-state index in [1.165, 1.54) is 0 Å². The van der Waals surface area contributed by atoms with Crippen LogP contribution in [0.3, 0.4) is 0 Å². The monoisotopic (exact) mass is 280 g/mol. The predicted molar refractivity (Wildman–Crippen MR) is 74.4 cm³/mol. The van der Waals surface area contributed by atoms with Gasteiger partial charge in [-0.1, -0.05) is 30.3 Å². The predicted octanol–water partition coefficient (Wildman–Crippen LogP) is 0.754. The quantitative estimate of drug-likeness (QED) is 0.528. The Balaban J connectivity index is 2.12. The van der Waals surface area contributed by atoms with E-state index in [2.05, 4.69) is 10.6 Å². The SMILES string of the molecule is O=C(O)CCCNC(=O)NC[C@@H](O)Cc1ccccc1. The van der Waals surface area contributed by atoms with Gasteiger partial charge in [0.25, 0.3) is 0 Å². The fourth-order valence-corrected chi connectivity index (χ4v) is 1.67. The van der Waals surface area contributed by atoms with Gasteiger partial charge in [0.2, 0.25) is 0 Å². The molecule has 0 radical (unpaired) electrons. The maximum atomic E-state index is 11.4. The zero-order valence-electron chi connectivity index (χ0n) is 11.2. The summed E-state index contributed by atoms with van der Waals surface area (Å²) in [6.45, 7) is 0.451. The number of carboxylic acids is 1. The van der Waals surface area contributed by atoms with E-state index in [0.29, 0.717) is 19.4 Å². The minimum atomic E-state index is -0.884. The van der Waals surface area contributed by atoms with Gasteiger partial charge >= 0.3 is 12.0 Å². The first-order valence-electron chi connectivity index (χ1n) is 6.53. The van der Waals surface area contributed by atoms with Gasteiger partial charge in [0, 0.05) is 25.9 Å². The Hall–Kier alpha value is -2.08. The smallest absolute Gasteiger partial charge is 0.314 e. The number of carboxylic acid groups (broad SMARTS) is 1. The van der Waals surface area contributed by atoms with Crippen LogP contribution in [0.15, 0.2) is 30.3 Å². The maximum Gasteiger partial charge on any atom is 0.314 e. The van der Waals surface area contributed by atoms with Crippen LogP contribution >= 0.6 is 0 Å². The molecule has 0 aliphatic heterocycles. The lowest BCUT2D eigenvalue weighted by Gasteiger charge is -2.12. The van der Waals surface area contributed by atoms with Gasteiger partial charge in [-0.15, -0.1) is 0 Å². The lowest BCUT2D eigenvalue weighted by molar-refractivity contribution is -0.137. The van der Waals surface area contributed by atoms with Crippen LogP contribution in [-0.4, -0.2) is 41.4 Å². The highest BCUT2D eigenvalue weighted by Crippen LogP contribution is 2.02. The highest BCUT2D eigenvalue weighted by atomic mass is 16.4. The Morgan fingerprint density at radius 2 is 1.85 bits per heavy atom. The van der Waals surface area contributed by atoms with Gasteiger partial charge in [-0.3, -0.25) is 4.79 Å². The van der Waals surface area contributed by atoms with Crippen molar-refractivity contribution in [2.24, 2.45) is 0 Å². The third-order valence-electron chi connectivity index (χ3n) is 2.67. The molecule has 6 nitrogen and oxygen atoms in total. The summed E-state index contributed by atoms with van der Waals surface area (Å²) in [5.74, 6) is -0.884. The Labute approximate surface area is 117 Å². The van der Waals surface area contributed by atoms with Gasteiger partial charge in [0.1, 0.15) is 0 Å². The number of benzene rings is 1. The summed E-state index contributed by atoms with van der Waals surface area (Å²) in [6.07, 6.45) is 0.231. The molecule has 2 amide bonds. The van der Waals surface area contributed by atoms with Gasteiger partial charge in [-0.25, -0.2) is 4.79 Å². The number of hydrogen-bond acceptors (Lipinski definition) is 3. The topological polar surface area (TPSA) is 98.7 Å². The number of urea groups is 1. The largest absolute Gasteiger partial charge is 0.481 e. The van der Waals surface area contributed by atoms with Crippen molar-refractivity contribution in [1.29, 1.82) is 0 Å². The molecule has 1 atom stereocenters. The first kappa shape index (κ1) is 16.0. The van der Waals surface area contributed by atoms with Gasteiger partial charge in [-0.2, -0.15) is 0 Å². The number of aliphatic hydroxyl groups excluding tert-OH is 1. The summed E-state index contributed by atoms with van der Waals surface area (Å²) in [6, 6.07) is 9.11. The van der Waals surface area contributed by atoms with Crippen molar-refractivity contribution in [3.05, 3.63) is 35.9 Å². The number of hydrogen-bond donors (Lipinski definition) is 4. The Kier molecular flexibility index (Phi) is 7.13. The Morgan fingerprint density at radius 1 is 1.15 bits per heavy atom. The fourth-order valence-electron chi connectivity index (χ4n) is 1.67. The van der Waals surface area contributed by atoms with E-state index in [4.69, 9.17) is 5.11 Å². The van der Waals surface area contributed by atoms with Crippen LogP contribution < -0.4 is 10.6 Å². The third-order valence-corrected chi connectivity index (χ3v) is 2.67. The van der Waals surface area contributed by atoms with Crippen LogP contribution in [0.1, 0.15) is 18.4 Å². The van der Waals surface area contributed by atoms with E-state index in [9.17, 15) is 14.7 Å². The van der Waals surface area contributed by atoms with E-state index in [1.807, 2.05) is 30.3 Å². The molecule has 0 aliphatic rings. The van der Waals surface area contributed by atoms with E-state index in [1.54, 1.807) is 0 Å². The zero-order valence-corrected chi connectivity index (χ0v) is 11.2. The van der Waals surface area contributed by atoms with E-state index >= 15 is 0 Å². The summed E-state index contributed by atoms with van der Waals surface area (Å²) in [7, 11) is 0. The number of carbonyl (C=O) groups excluding carboxylic acids is 1. The average molecular weight is 280 g/mol. The van der Waals surface area contributed by atoms with Crippen LogP contribution in [0.2, 0.25) is 0 Å². The van der Waals surface area contributed by atoms with Crippen molar-refractivity contribution in [1.82, 2.24) is 10.6 Å². The molecule has 6 heteroatoms. The normalized spacial score (nSPS) is 11.7. The van der Waals surface area contributed by atoms with Crippen molar-refractivity contribution in [3.63, 3.8) is 0 Å². The number of aliphatic hydroxyl groups is 1. The summed E-state index contributed by atoms with van der Waals surface area (Å²) in [5, 5.41) is 23.3. The van der Waals surface area contributed by atoms with Crippen molar-refractivity contribution in [2.45, 2.75) is 25.4 Å². The first-order valence-corrected chi connectivity index (χ1v) is 6.53. The van der Waals surface area contributed by atoms with E-state index in [-0.39, 0.29) is 13.0 Å². The molecule has 4 N–H and O–H groups in total. The second kappa shape index (κ2) is 8.92. The average Bonchev–Trinajstić information content (AvgIpc) is 2.42. The summed E-state index contributed by atoms with van der Waals surface area (Å²) in [4.78, 5) is 21.6. The minimum absolute atomic E-state index is 0.0247. The molecule has 0 bridgehead atoms. The van der Waals surface area contributed by atoms with Crippen molar-refractivity contribution in [3.8, 4) is 0 Å². The van der Waals surface area contributed by atoms with Crippen LogP contribution in [-0.2, 0) is 11.2 Å². The fraction of sp³-hybridized carbons (Fsp3) is 0.429. The number of rotatable bonds is 8. The zero-order chi connectivity index (χ0) is 14.8. The second-order valence-corrected chi connectivity index (χ2v) is 4.48. The second-order valence-electron chi connectivity index (χ2n) is 4.48. The molecule has 0 fully saturated rings. The lowest BCUT2D eigenvalue weighted by Crippen LogP contribution is -2.40. The number of nitrogens with one attached hydrogen (secondary N) is 2. The molecule has 0 unspecified atom stereocenters. The van der Waals surface area contributed by atoms with Crippen molar-refractivity contribution < 1.29 is 19.8 Å². The van der Waals surface area contributed by atoms with Crippen LogP contribution in [0.25, 0.3) is 0 Å². The molecule has 0 saturated carbocycles. The van der Waals surface area contributed by atoms with Gasteiger partial charge in [-0.05, 0) is 12.0 Å². The molecule has 0 spiro atoms. The van der Waals surface area contributed by atoms with Gasteiger partial charge < -0.3 is 20.8 Å². The molecule has 1 aromatic carbocycles. The maximum absolute atomic E-state index is 11.4. The summed E-state index contributed by atoms with van der Waals surface area (Å²) < 4.78 is 0. The molecule has 1 aromatic rings. The van der Waals surface area contributed by atoms with Crippen LogP contribution in [0, 0.1) is 0 Å². The molecule has 20 heavy (non-hydrogen) atoms. The standard InChI is InChI=1S/C14H20N2O4/c17-12(9-11-5-2-1-3-6-11)10-16-14(20)15-8-4-7-13(18)19/h1-3,5-6,12,17H,4,7-10H2,(H,18,19)(H2,15,16,20)/t12-/m0/s1. The highest BCUT2D eigenvalue weighted by Gasteiger charge is 2.07. The Morgan fingerprint density at radius 3 is 2.50 bits per heavy atom. The molecule has 0 aliphatic carbocycles. The molecule has 110 valence electrons. The van der Waals surface area contributed by atoms with Crippen molar-refractivity contribution >= 4 is 12.0 Å². The molecular weight excluding hydrogens is 260 g/mol. The van der Waals surface area contributed by atoms with Crippen LogP contribution in [0.5, 0.6) is 0 Å². The summed E-state index contributed by atoms with van der Waals surface area (Å²) >= 11 is 0. The molecular formula is C14H20N2O4. The van der Waals surface area contributed by atoms with Gasteiger partial charge in [0.15, 0.2) is 0 Å².